The molecule has 8 N–H and O–H groups in total. The highest BCUT2D eigenvalue weighted by molar-refractivity contribution is 6.04. The molecule has 16 nitrogen and oxygen atoms in total. The molecule has 0 spiro atoms. The van der Waals surface area contributed by atoms with Crippen molar-refractivity contribution < 1.29 is 78.7 Å². The van der Waals surface area contributed by atoms with Gasteiger partial charge in [0.05, 0.1) is 52.9 Å². The van der Waals surface area contributed by atoms with Crippen LogP contribution in [0.15, 0.2) is 109 Å². The van der Waals surface area contributed by atoms with Crippen molar-refractivity contribution in [3.63, 3.8) is 0 Å². The maximum atomic E-state index is 10.1. The highest BCUT2D eigenvalue weighted by Crippen LogP contribution is 2.38. The van der Waals surface area contributed by atoms with Gasteiger partial charge < -0.3 is 78.7 Å². The molecule has 2 heterocycles. The quantitative estimate of drug-likeness (QED) is 0.0408. The topological polar surface area (TPSA) is 236 Å². The number of benzene rings is 4. The molecule has 0 radical (unpaired) electrons. The van der Waals surface area contributed by atoms with Gasteiger partial charge in [0.15, 0.2) is 12.6 Å². The third-order valence-corrected chi connectivity index (χ3v) is 10.4. The van der Waals surface area contributed by atoms with Gasteiger partial charge in [0.25, 0.3) is 0 Å². The molecule has 2 aliphatic heterocycles. The van der Waals surface area contributed by atoms with E-state index in [1.165, 1.54) is 0 Å². The monoisotopic (exact) mass is 864 g/mol. The van der Waals surface area contributed by atoms with Crippen LogP contribution in [0.5, 0.6) is 11.5 Å². The molecule has 4 aromatic rings. The lowest BCUT2D eigenvalue weighted by Gasteiger charge is -2.39. The van der Waals surface area contributed by atoms with Crippen molar-refractivity contribution in [1.29, 1.82) is 0 Å². The summed E-state index contributed by atoms with van der Waals surface area (Å²) in [5.41, 5.74) is 6.01. The fourth-order valence-electron chi connectivity index (χ4n) is 7.05. The summed E-state index contributed by atoms with van der Waals surface area (Å²) in [5, 5.41) is 78.7. The van der Waals surface area contributed by atoms with E-state index in [9.17, 15) is 40.9 Å². The average Bonchev–Trinajstić information content (AvgIpc) is 3.31. The molecular formula is C46H56O16. The summed E-state index contributed by atoms with van der Waals surface area (Å²) in [6, 6.07) is 36.0. The summed E-state index contributed by atoms with van der Waals surface area (Å²) < 4.78 is 44.8. The minimum absolute atomic E-state index is 0.0399. The van der Waals surface area contributed by atoms with Gasteiger partial charge in [-0.05, 0) is 57.7 Å². The molecule has 0 amide bonds. The van der Waals surface area contributed by atoms with E-state index in [0.29, 0.717) is 11.5 Å². The summed E-state index contributed by atoms with van der Waals surface area (Å²) in [6.45, 7) is 0.342. The first-order chi connectivity index (χ1) is 30.2. The van der Waals surface area contributed by atoms with Crippen molar-refractivity contribution in [3.8, 4) is 11.5 Å². The van der Waals surface area contributed by atoms with E-state index in [1.807, 2.05) is 84.9 Å². The molecule has 0 bridgehead atoms. The molecule has 4 aromatic carbocycles. The first-order valence-corrected chi connectivity index (χ1v) is 20.5. The van der Waals surface area contributed by atoms with Crippen molar-refractivity contribution in [2.75, 3.05) is 66.1 Å². The Kier molecular flexibility index (Phi) is 18.2. The maximum absolute atomic E-state index is 10.1. The van der Waals surface area contributed by atoms with E-state index in [2.05, 4.69) is 24.3 Å². The van der Waals surface area contributed by atoms with E-state index < -0.39 is 74.6 Å². The van der Waals surface area contributed by atoms with Crippen molar-refractivity contribution >= 4 is 11.1 Å². The third kappa shape index (κ3) is 12.4. The van der Waals surface area contributed by atoms with Crippen molar-refractivity contribution in [1.82, 2.24) is 0 Å². The SMILES string of the molecule is OC[C@H]1OC(OCCOCCOc2ccc(/C(=C(\c3ccccc3)c3ccc(OCCOCCOC4O[C@H](CO)[C@@H](O)[C@H](O)[C@@H]4O)cc3)c3ccccc3)cc2)[C@@H](O)[C@@H](O)[C@@H]1O. The number of hydrogen-bond donors (Lipinski definition) is 8. The summed E-state index contributed by atoms with van der Waals surface area (Å²) >= 11 is 0. The van der Waals surface area contributed by atoms with Crippen LogP contribution in [0.25, 0.3) is 11.1 Å². The van der Waals surface area contributed by atoms with Crippen LogP contribution in [0.4, 0.5) is 0 Å². The van der Waals surface area contributed by atoms with Gasteiger partial charge in [-0.25, -0.2) is 0 Å². The highest BCUT2D eigenvalue weighted by Gasteiger charge is 2.45. The van der Waals surface area contributed by atoms with E-state index in [0.717, 1.165) is 33.4 Å². The van der Waals surface area contributed by atoms with E-state index in [4.69, 9.17) is 37.9 Å². The normalized spacial score (nSPS) is 26.8. The van der Waals surface area contributed by atoms with Crippen LogP contribution in [-0.4, -0.2) is 168 Å². The second-order valence-electron chi connectivity index (χ2n) is 14.6. The van der Waals surface area contributed by atoms with Crippen LogP contribution in [0, 0.1) is 0 Å². The number of aliphatic hydroxyl groups excluding tert-OH is 8. The molecular weight excluding hydrogens is 808 g/mol. The highest BCUT2D eigenvalue weighted by atomic mass is 16.7. The van der Waals surface area contributed by atoms with Crippen LogP contribution >= 0.6 is 0 Å². The molecule has 2 fully saturated rings. The lowest BCUT2D eigenvalue weighted by atomic mass is 9.86. The van der Waals surface area contributed by atoms with Crippen LogP contribution < -0.4 is 9.47 Å². The van der Waals surface area contributed by atoms with E-state index in [-0.39, 0.29) is 52.9 Å². The van der Waals surface area contributed by atoms with Crippen LogP contribution in [0.1, 0.15) is 22.3 Å². The minimum Gasteiger partial charge on any atom is -0.491 e. The number of hydrogen-bond acceptors (Lipinski definition) is 16. The van der Waals surface area contributed by atoms with E-state index >= 15 is 0 Å². The first-order valence-electron chi connectivity index (χ1n) is 20.5. The molecule has 336 valence electrons. The summed E-state index contributed by atoms with van der Waals surface area (Å²) in [7, 11) is 0. The third-order valence-electron chi connectivity index (χ3n) is 10.4. The van der Waals surface area contributed by atoms with Crippen LogP contribution in [0.2, 0.25) is 0 Å². The summed E-state index contributed by atoms with van der Waals surface area (Å²) in [5.74, 6) is 1.30. The summed E-state index contributed by atoms with van der Waals surface area (Å²) in [4.78, 5) is 0. The second-order valence-corrected chi connectivity index (χ2v) is 14.6. The van der Waals surface area contributed by atoms with Gasteiger partial charge in [0.2, 0.25) is 0 Å². The van der Waals surface area contributed by atoms with Gasteiger partial charge in [0, 0.05) is 0 Å². The van der Waals surface area contributed by atoms with E-state index in [1.54, 1.807) is 0 Å². The molecule has 2 saturated heterocycles. The predicted molar refractivity (Wildman–Crippen MR) is 223 cm³/mol. The van der Waals surface area contributed by atoms with Gasteiger partial charge in [0.1, 0.15) is 73.5 Å². The van der Waals surface area contributed by atoms with Gasteiger partial charge in [-0.1, -0.05) is 84.9 Å². The zero-order valence-electron chi connectivity index (χ0n) is 34.1. The molecule has 0 saturated carbocycles. The fraction of sp³-hybridized carbons (Fsp3) is 0.435. The molecule has 0 aliphatic carbocycles. The largest absolute Gasteiger partial charge is 0.491 e. The Balaban J connectivity index is 1.03. The second kappa shape index (κ2) is 23.9. The molecule has 0 aromatic heterocycles. The van der Waals surface area contributed by atoms with Gasteiger partial charge in [-0.15, -0.1) is 0 Å². The van der Waals surface area contributed by atoms with Crippen molar-refractivity contribution in [3.05, 3.63) is 131 Å². The number of aliphatic hydroxyl groups is 8. The maximum Gasteiger partial charge on any atom is 0.186 e. The molecule has 16 heteroatoms. The standard InChI is InChI=1S/C46H56O16/c47-27-35-39(49)41(51)43(53)45(61-35)59-25-21-55-19-23-57-33-15-11-31(12-16-33)37(29-7-3-1-4-8-29)38(30-9-5-2-6-10-30)32-13-17-34(18-14-32)58-24-20-56-22-26-60-46-44(54)42(52)40(50)36(28-48)62-46/h1-18,35-36,39-54H,19-28H2/b38-37+/t35-,36-,39-,40-,41+,42+,43+,44+,45?,46?/m1/s1. The molecule has 2 unspecified atom stereocenters. The molecule has 10 atom stereocenters. The van der Waals surface area contributed by atoms with Gasteiger partial charge in [-0.3, -0.25) is 0 Å². The first kappa shape index (κ1) is 47.1. The fourth-order valence-corrected chi connectivity index (χ4v) is 7.05. The predicted octanol–water partition coefficient (Wildman–Crippen LogP) is 1.12. The Bertz CT molecular complexity index is 1770. The van der Waals surface area contributed by atoms with Gasteiger partial charge >= 0.3 is 0 Å². The Morgan fingerprint density at radius 1 is 0.387 bits per heavy atom. The number of ether oxygens (including phenoxy) is 8. The number of rotatable bonds is 22. The van der Waals surface area contributed by atoms with Gasteiger partial charge in [-0.2, -0.15) is 0 Å². The van der Waals surface area contributed by atoms with Crippen LogP contribution in [0.3, 0.4) is 0 Å². The Morgan fingerprint density at radius 2 is 0.726 bits per heavy atom. The smallest absolute Gasteiger partial charge is 0.186 e. The summed E-state index contributed by atoms with van der Waals surface area (Å²) in [6.07, 6.45) is -13.4. The molecule has 62 heavy (non-hydrogen) atoms. The zero-order valence-corrected chi connectivity index (χ0v) is 34.1. The lowest BCUT2D eigenvalue weighted by molar-refractivity contribution is -0.302. The Labute approximate surface area is 359 Å². The molecule has 2 aliphatic rings. The molecule has 6 rings (SSSR count). The average molecular weight is 865 g/mol. The minimum atomic E-state index is -1.51. The zero-order chi connectivity index (χ0) is 43.8. The van der Waals surface area contributed by atoms with Crippen LogP contribution in [-0.2, 0) is 28.4 Å². The van der Waals surface area contributed by atoms with Crippen molar-refractivity contribution in [2.24, 2.45) is 0 Å². The Morgan fingerprint density at radius 3 is 1.08 bits per heavy atom. The van der Waals surface area contributed by atoms with Crippen molar-refractivity contribution in [2.45, 2.75) is 61.4 Å². The lowest BCUT2D eigenvalue weighted by Crippen LogP contribution is -2.59. The Hall–Kier alpha value is -4.34.